The lowest BCUT2D eigenvalue weighted by molar-refractivity contribution is -0.120. The van der Waals surface area contributed by atoms with Gasteiger partial charge in [0.25, 0.3) is 0 Å². The Hall–Kier alpha value is -2.13. The summed E-state index contributed by atoms with van der Waals surface area (Å²) in [5.41, 5.74) is 10.3. The van der Waals surface area contributed by atoms with Crippen LogP contribution in [0.4, 0.5) is 5.69 Å². The molecule has 0 aliphatic carbocycles. The topological polar surface area (TPSA) is 55.1 Å². The summed E-state index contributed by atoms with van der Waals surface area (Å²) in [5, 5.41) is 2.98. The Morgan fingerprint density at radius 3 is 2.38 bits per heavy atom. The summed E-state index contributed by atoms with van der Waals surface area (Å²) in [6.45, 7) is 5.90. The van der Waals surface area contributed by atoms with Crippen LogP contribution in [0.25, 0.3) is 0 Å². The van der Waals surface area contributed by atoms with Crippen LogP contribution in [-0.2, 0) is 4.79 Å². The van der Waals surface area contributed by atoms with Crippen molar-refractivity contribution in [1.82, 2.24) is 0 Å². The first kappa shape index (κ1) is 15.3. The molecule has 21 heavy (non-hydrogen) atoms. The first-order valence-corrected chi connectivity index (χ1v) is 7.18. The number of anilines is 1. The fourth-order valence-electron chi connectivity index (χ4n) is 2.26. The predicted molar refractivity (Wildman–Crippen MR) is 87.1 cm³/mol. The highest BCUT2D eigenvalue weighted by Gasteiger charge is 2.22. The molecular weight excluding hydrogens is 260 g/mol. The molecule has 2 unspecified atom stereocenters. The van der Waals surface area contributed by atoms with E-state index in [0.717, 1.165) is 22.4 Å². The third kappa shape index (κ3) is 3.50. The second-order valence-electron chi connectivity index (χ2n) is 5.46. The van der Waals surface area contributed by atoms with Gasteiger partial charge in [-0.1, -0.05) is 49.4 Å². The van der Waals surface area contributed by atoms with Crippen LogP contribution < -0.4 is 11.1 Å². The summed E-state index contributed by atoms with van der Waals surface area (Å²) >= 11 is 0. The van der Waals surface area contributed by atoms with Gasteiger partial charge in [-0.3, -0.25) is 4.79 Å². The third-order valence-corrected chi connectivity index (χ3v) is 4.00. The number of carbonyl (C=O) groups excluding carboxylic acids is 1. The Labute approximate surface area is 126 Å². The minimum absolute atomic E-state index is 0.0555. The van der Waals surface area contributed by atoms with Crippen LogP contribution >= 0.6 is 0 Å². The number of amides is 1. The summed E-state index contributed by atoms with van der Waals surface area (Å²) in [6, 6.07) is 15.3. The molecular formula is C18H22N2O. The molecule has 0 radical (unpaired) electrons. The standard InChI is InChI=1S/C18H22N2O/c1-12-8-7-11-16(13(12)2)20-18(21)14(3)17(19)15-9-5-4-6-10-15/h4-11,14,17H,19H2,1-3H3,(H,20,21). The molecule has 0 saturated heterocycles. The molecule has 2 rings (SSSR count). The maximum absolute atomic E-state index is 12.4. The highest BCUT2D eigenvalue weighted by molar-refractivity contribution is 5.93. The molecule has 2 atom stereocenters. The monoisotopic (exact) mass is 282 g/mol. The van der Waals surface area contributed by atoms with Gasteiger partial charge >= 0.3 is 0 Å². The lowest BCUT2D eigenvalue weighted by atomic mass is 9.94. The molecule has 0 aliphatic heterocycles. The van der Waals surface area contributed by atoms with Gasteiger partial charge in [-0.2, -0.15) is 0 Å². The van der Waals surface area contributed by atoms with Crippen LogP contribution in [0.2, 0.25) is 0 Å². The van der Waals surface area contributed by atoms with E-state index in [9.17, 15) is 4.79 Å². The second kappa shape index (κ2) is 6.55. The molecule has 0 heterocycles. The van der Waals surface area contributed by atoms with Crippen molar-refractivity contribution < 1.29 is 4.79 Å². The molecule has 0 aromatic heterocycles. The lowest BCUT2D eigenvalue weighted by Gasteiger charge is -2.20. The van der Waals surface area contributed by atoms with E-state index in [1.807, 2.05) is 69.3 Å². The van der Waals surface area contributed by atoms with Crippen LogP contribution in [0, 0.1) is 19.8 Å². The first-order valence-electron chi connectivity index (χ1n) is 7.18. The average Bonchev–Trinajstić information content (AvgIpc) is 2.51. The van der Waals surface area contributed by atoms with E-state index in [2.05, 4.69) is 5.32 Å². The van der Waals surface area contributed by atoms with E-state index < -0.39 is 0 Å². The molecule has 0 fully saturated rings. The van der Waals surface area contributed by atoms with Gasteiger partial charge in [-0.15, -0.1) is 0 Å². The maximum atomic E-state index is 12.4. The summed E-state index contributed by atoms with van der Waals surface area (Å²) in [6.07, 6.45) is 0. The van der Waals surface area contributed by atoms with Gasteiger partial charge in [0.1, 0.15) is 0 Å². The number of hydrogen-bond donors (Lipinski definition) is 2. The SMILES string of the molecule is Cc1cccc(NC(=O)C(C)C(N)c2ccccc2)c1C. The number of hydrogen-bond acceptors (Lipinski definition) is 2. The van der Waals surface area contributed by atoms with Crippen molar-refractivity contribution in [2.45, 2.75) is 26.8 Å². The van der Waals surface area contributed by atoms with E-state index in [0.29, 0.717) is 0 Å². The van der Waals surface area contributed by atoms with Crippen molar-refractivity contribution in [3.8, 4) is 0 Å². The molecule has 0 spiro atoms. The number of aryl methyl sites for hydroxylation is 1. The van der Waals surface area contributed by atoms with Gasteiger partial charge in [0.2, 0.25) is 5.91 Å². The van der Waals surface area contributed by atoms with Crippen molar-refractivity contribution in [2.75, 3.05) is 5.32 Å². The smallest absolute Gasteiger partial charge is 0.229 e. The molecule has 0 saturated carbocycles. The fraction of sp³-hybridized carbons (Fsp3) is 0.278. The molecule has 2 aromatic rings. The number of carbonyl (C=O) groups is 1. The zero-order chi connectivity index (χ0) is 15.4. The van der Waals surface area contributed by atoms with Gasteiger partial charge in [0.15, 0.2) is 0 Å². The average molecular weight is 282 g/mol. The van der Waals surface area contributed by atoms with Crippen molar-refractivity contribution in [3.05, 3.63) is 65.2 Å². The fourth-order valence-corrected chi connectivity index (χ4v) is 2.26. The minimum Gasteiger partial charge on any atom is -0.326 e. The highest BCUT2D eigenvalue weighted by Crippen LogP contribution is 2.23. The number of rotatable bonds is 4. The van der Waals surface area contributed by atoms with Crippen LogP contribution in [0.1, 0.15) is 29.7 Å². The van der Waals surface area contributed by atoms with E-state index in [1.54, 1.807) is 0 Å². The molecule has 3 nitrogen and oxygen atoms in total. The quantitative estimate of drug-likeness (QED) is 0.900. The second-order valence-corrected chi connectivity index (χ2v) is 5.46. The van der Waals surface area contributed by atoms with E-state index >= 15 is 0 Å². The van der Waals surface area contributed by atoms with Crippen LogP contribution in [-0.4, -0.2) is 5.91 Å². The Morgan fingerprint density at radius 1 is 1.05 bits per heavy atom. The minimum atomic E-state index is -0.309. The first-order chi connectivity index (χ1) is 10.0. The summed E-state index contributed by atoms with van der Waals surface area (Å²) in [7, 11) is 0. The van der Waals surface area contributed by atoms with Gasteiger partial charge < -0.3 is 11.1 Å². The van der Waals surface area contributed by atoms with Gasteiger partial charge in [0, 0.05) is 11.7 Å². The molecule has 0 aliphatic rings. The third-order valence-electron chi connectivity index (χ3n) is 4.00. The molecule has 2 aromatic carbocycles. The molecule has 110 valence electrons. The van der Waals surface area contributed by atoms with Crippen molar-refractivity contribution in [3.63, 3.8) is 0 Å². The van der Waals surface area contributed by atoms with Crippen LogP contribution in [0.5, 0.6) is 0 Å². The largest absolute Gasteiger partial charge is 0.326 e. The van der Waals surface area contributed by atoms with Crippen molar-refractivity contribution >= 4 is 11.6 Å². The zero-order valence-corrected chi connectivity index (χ0v) is 12.8. The molecule has 0 bridgehead atoms. The van der Waals surface area contributed by atoms with Crippen molar-refractivity contribution in [1.29, 1.82) is 0 Å². The zero-order valence-electron chi connectivity index (χ0n) is 12.8. The maximum Gasteiger partial charge on any atom is 0.229 e. The number of nitrogens with one attached hydrogen (secondary N) is 1. The Morgan fingerprint density at radius 2 is 1.71 bits per heavy atom. The van der Waals surface area contributed by atoms with E-state index in [1.165, 1.54) is 0 Å². The number of nitrogens with two attached hydrogens (primary N) is 1. The molecule has 3 N–H and O–H groups in total. The summed E-state index contributed by atoms with van der Waals surface area (Å²) in [5.74, 6) is -0.354. The van der Waals surface area contributed by atoms with Crippen LogP contribution in [0.15, 0.2) is 48.5 Å². The van der Waals surface area contributed by atoms with E-state index in [4.69, 9.17) is 5.73 Å². The van der Waals surface area contributed by atoms with Gasteiger partial charge in [-0.05, 0) is 36.6 Å². The summed E-state index contributed by atoms with van der Waals surface area (Å²) in [4.78, 5) is 12.4. The molecule has 3 heteroatoms. The van der Waals surface area contributed by atoms with Crippen molar-refractivity contribution in [2.24, 2.45) is 11.7 Å². The highest BCUT2D eigenvalue weighted by atomic mass is 16.1. The summed E-state index contributed by atoms with van der Waals surface area (Å²) < 4.78 is 0. The molecule has 1 amide bonds. The van der Waals surface area contributed by atoms with Gasteiger partial charge in [0.05, 0.1) is 5.92 Å². The normalized spacial score (nSPS) is 13.5. The lowest BCUT2D eigenvalue weighted by Crippen LogP contribution is -2.30. The van der Waals surface area contributed by atoms with E-state index in [-0.39, 0.29) is 17.9 Å². The van der Waals surface area contributed by atoms with Crippen LogP contribution in [0.3, 0.4) is 0 Å². The van der Waals surface area contributed by atoms with Gasteiger partial charge in [-0.25, -0.2) is 0 Å². The Kier molecular flexibility index (Phi) is 4.76. The Bertz CT molecular complexity index is 622. The predicted octanol–water partition coefficient (Wildman–Crippen LogP) is 3.58. The number of benzene rings is 2. The Balaban J connectivity index is 2.11.